The lowest BCUT2D eigenvalue weighted by molar-refractivity contribution is -0.736. The second kappa shape index (κ2) is 6.56. The fraction of sp³-hybridized carbons (Fsp3) is 0.200. The van der Waals surface area contributed by atoms with Crippen LogP contribution in [0.25, 0.3) is 0 Å². The summed E-state index contributed by atoms with van der Waals surface area (Å²) in [5.41, 5.74) is 2.22. The third-order valence-corrected chi connectivity index (χ3v) is 2.85. The van der Waals surface area contributed by atoms with Crippen molar-refractivity contribution in [1.29, 1.82) is 0 Å². The highest BCUT2D eigenvalue weighted by atomic mass is 16.8. The molecule has 0 aliphatic rings. The lowest BCUT2D eigenvalue weighted by Gasteiger charge is -2.10. The van der Waals surface area contributed by atoms with E-state index in [2.05, 4.69) is 10.2 Å². The summed E-state index contributed by atoms with van der Waals surface area (Å²) < 4.78 is 5.76. The molecule has 1 N–H and O–H groups in total. The van der Waals surface area contributed by atoms with Gasteiger partial charge in [0.05, 0.1) is 10.6 Å². The van der Waals surface area contributed by atoms with Crippen LogP contribution in [0.3, 0.4) is 0 Å². The van der Waals surface area contributed by atoms with E-state index in [4.69, 9.17) is 4.74 Å². The molecule has 20 heavy (non-hydrogen) atoms. The van der Waals surface area contributed by atoms with Gasteiger partial charge in [-0.1, -0.05) is 30.3 Å². The Morgan fingerprint density at radius 2 is 1.90 bits per heavy atom. The van der Waals surface area contributed by atoms with E-state index >= 15 is 0 Å². The monoisotopic (exact) mass is 273 g/mol. The first-order valence-electron chi connectivity index (χ1n) is 6.24. The zero-order chi connectivity index (χ0) is 14.4. The van der Waals surface area contributed by atoms with Gasteiger partial charge in [0.15, 0.2) is 7.11 Å². The minimum atomic E-state index is 0.406. The lowest BCUT2D eigenvalue weighted by atomic mass is 10.2. The van der Waals surface area contributed by atoms with Crippen molar-refractivity contribution in [3.8, 4) is 5.75 Å². The number of anilines is 1. The molecule has 0 spiro atoms. The molecule has 0 bridgehead atoms. The van der Waals surface area contributed by atoms with Crippen molar-refractivity contribution >= 4 is 11.4 Å². The summed E-state index contributed by atoms with van der Waals surface area (Å²) in [6.45, 7) is 0.472. The Kier molecular flexibility index (Phi) is 4.55. The molecule has 0 saturated carbocycles. The SMILES string of the molecule is CNc1cc([N+](=O)OC)ccc1OCc1ccccc1. The Morgan fingerprint density at radius 3 is 2.55 bits per heavy atom. The largest absolute Gasteiger partial charge is 0.487 e. The summed E-state index contributed by atoms with van der Waals surface area (Å²) in [6, 6.07) is 15.0. The molecule has 5 heteroatoms. The molecule has 0 radical (unpaired) electrons. The van der Waals surface area contributed by atoms with Gasteiger partial charge in [-0.3, -0.25) is 0 Å². The summed E-state index contributed by atoms with van der Waals surface area (Å²) in [5.74, 6) is 0.685. The third kappa shape index (κ3) is 3.26. The molecule has 0 atom stereocenters. The maximum Gasteiger partial charge on any atom is 0.319 e. The number of hydrogen-bond acceptors (Lipinski definition) is 4. The van der Waals surface area contributed by atoms with Crippen molar-refractivity contribution in [2.24, 2.45) is 0 Å². The Bertz CT molecular complexity index is 585. The maximum absolute atomic E-state index is 11.4. The van der Waals surface area contributed by atoms with E-state index in [0.29, 0.717) is 23.0 Å². The minimum Gasteiger partial charge on any atom is -0.487 e. The predicted molar refractivity (Wildman–Crippen MR) is 77.1 cm³/mol. The molecule has 0 aliphatic heterocycles. The van der Waals surface area contributed by atoms with Crippen LogP contribution < -0.4 is 10.1 Å². The highest BCUT2D eigenvalue weighted by Gasteiger charge is 2.17. The van der Waals surface area contributed by atoms with Gasteiger partial charge >= 0.3 is 5.69 Å². The normalized spacial score (nSPS) is 9.90. The van der Waals surface area contributed by atoms with Gasteiger partial charge in [-0.15, -0.1) is 0 Å². The van der Waals surface area contributed by atoms with Crippen molar-refractivity contribution in [2.75, 3.05) is 19.5 Å². The molecular formula is C15H17N2O3+. The van der Waals surface area contributed by atoms with E-state index in [1.807, 2.05) is 30.3 Å². The van der Waals surface area contributed by atoms with E-state index in [9.17, 15) is 4.91 Å². The van der Waals surface area contributed by atoms with Crippen LogP contribution in [0.2, 0.25) is 0 Å². The minimum absolute atomic E-state index is 0.406. The van der Waals surface area contributed by atoms with Gasteiger partial charge in [0.1, 0.15) is 12.4 Å². The zero-order valence-corrected chi connectivity index (χ0v) is 11.5. The van der Waals surface area contributed by atoms with Crippen molar-refractivity contribution in [3.63, 3.8) is 0 Å². The molecule has 0 aromatic heterocycles. The first kappa shape index (κ1) is 13.9. The van der Waals surface area contributed by atoms with Crippen LogP contribution in [0.1, 0.15) is 5.56 Å². The topological polar surface area (TPSA) is 50.6 Å². The van der Waals surface area contributed by atoms with E-state index in [1.165, 1.54) is 7.11 Å². The van der Waals surface area contributed by atoms with E-state index in [-0.39, 0.29) is 0 Å². The summed E-state index contributed by atoms with van der Waals surface area (Å²) in [6.07, 6.45) is 0. The molecule has 0 saturated heterocycles. The summed E-state index contributed by atoms with van der Waals surface area (Å²) >= 11 is 0. The molecule has 2 rings (SSSR count). The van der Waals surface area contributed by atoms with Gasteiger partial charge < -0.3 is 10.1 Å². The van der Waals surface area contributed by atoms with Crippen molar-refractivity contribution < 1.29 is 14.5 Å². The van der Waals surface area contributed by atoms with Gasteiger partial charge in [0.25, 0.3) is 4.92 Å². The molecule has 2 aromatic rings. The second-order valence-electron chi connectivity index (χ2n) is 4.14. The number of rotatable bonds is 6. The summed E-state index contributed by atoms with van der Waals surface area (Å²) in [5, 5.41) is 3.01. The van der Waals surface area contributed by atoms with Crippen molar-refractivity contribution in [2.45, 2.75) is 6.61 Å². The quantitative estimate of drug-likeness (QED) is 0.821. The number of hydrogen-bond donors (Lipinski definition) is 1. The van der Waals surface area contributed by atoms with Gasteiger partial charge in [-0.2, -0.15) is 0 Å². The average molecular weight is 273 g/mol. The smallest absolute Gasteiger partial charge is 0.319 e. The Balaban J connectivity index is 2.13. The first-order valence-corrected chi connectivity index (χ1v) is 6.24. The van der Waals surface area contributed by atoms with Gasteiger partial charge in [0, 0.05) is 19.2 Å². The van der Waals surface area contributed by atoms with Crippen LogP contribution in [0.4, 0.5) is 11.4 Å². The van der Waals surface area contributed by atoms with Crippen LogP contribution in [0, 0.1) is 4.91 Å². The van der Waals surface area contributed by atoms with Gasteiger partial charge in [-0.05, 0) is 11.6 Å². The molecule has 0 heterocycles. The van der Waals surface area contributed by atoms with E-state index < -0.39 is 0 Å². The van der Waals surface area contributed by atoms with Crippen molar-refractivity contribution in [1.82, 2.24) is 0 Å². The number of ether oxygens (including phenoxy) is 1. The van der Waals surface area contributed by atoms with Gasteiger partial charge in [-0.25, -0.2) is 4.84 Å². The zero-order valence-electron chi connectivity index (χ0n) is 11.5. The van der Waals surface area contributed by atoms with Crippen molar-refractivity contribution in [3.05, 3.63) is 59.0 Å². The highest BCUT2D eigenvalue weighted by molar-refractivity contribution is 5.61. The molecule has 5 nitrogen and oxygen atoms in total. The molecule has 2 aromatic carbocycles. The number of nitrogens with zero attached hydrogens (tertiary/aromatic N) is 1. The average Bonchev–Trinajstić information content (AvgIpc) is 2.53. The lowest BCUT2D eigenvalue weighted by Crippen LogP contribution is -2.02. The van der Waals surface area contributed by atoms with Crippen LogP contribution >= 0.6 is 0 Å². The fourth-order valence-electron chi connectivity index (χ4n) is 1.79. The number of nitrogens with one attached hydrogen (secondary N) is 1. The standard InChI is InChI=1S/C15H17N2O3/c1-16-14-10-13(17(18)19-2)8-9-15(14)20-11-12-6-4-3-5-7-12/h3-10,16H,11H2,1-2H3/q+1. The third-order valence-electron chi connectivity index (χ3n) is 2.85. The Labute approximate surface area is 117 Å². The highest BCUT2D eigenvalue weighted by Crippen LogP contribution is 2.29. The van der Waals surface area contributed by atoms with E-state index in [1.54, 1.807) is 25.2 Å². The van der Waals surface area contributed by atoms with Crippen LogP contribution in [-0.4, -0.2) is 19.1 Å². The molecule has 0 unspecified atom stereocenters. The maximum atomic E-state index is 11.4. The Morgan fingerprint density at radius 1 is 1.15 bits per heavy atom. The summed E-state index contributed by atoms with van der Waals surface area (Å²) in [4.78, 5) is 16.5. The predicted octanol–water partition coefficient (Wildman–Crippen LogP) is 3.28. The van der Waals surface area contributed by atoms with Crippen LogP contribution in [0.5, 0.6) is 5.75 Å². The molecule has 0 amide bonds. The van der Waals surface area contributed by atoms with E-state index in [0.717, 1.165) is 11.3 Å². The molecule has 0 aliphatic carbocycles. The first-order chi connectivity index (χ1) is 9.74. The second-order valence-corrected chi connectivity index (χ2v) is 4.14. The Hall–Kier alpha value is -2.56. The summed E-state index contributed by atoms with van der Waals surface area (Å²) in [7, 11) is 3.10. The fourth-order valence-corrected chi connectivity index (χ4v) is 1.79. The molecule has 0 fully saturated rings. The molecular weight excluding hydrogens is 256 g/mol. The van der Waals surface area contributed by atoms with Crippen LogP contribution in [0.15, 0.2) is 48.5 Å². The molecule has 104 valence electrons. The number of benzene rings is 2. The van der Waals surface area contributed by atoms with Gasteiger partial charge in [0.2, 0.25) is 0 Å². The van der Waals surface area contributed by atoms with Crippen LogP contribution in [-0.2, 0) is 11.4 Å².